The molecule has 10 heteroatoms. The summed E-state index contributed by atoms with van der Waals surface area (Å²) in [6.45, 7) is 3.01. The first-order valence-corrected chi connectivity index (χ1v) is 13.8. The third-order valence-corrected chi connectivity index (χ3v) is 7.75. The average molecular weight is 565 g/mol. The van der Waals surface area contributed by atoms with Crippen LogP contribution in [-0.4, -0.2) is 48.6 Å². The number of carboxylic acid groups (broad SMARTS) is 1. The minimum Gasteiger partial charge on any atom is -0.478 e. The summed E-state index contributed by atoms with van der Waals surface area (Å²) >= 11 is 0. The fraction of sp³-hybridized carbons (Fsp3) is 0.250. The molecule has 0 amide bonds. The SMILES string of the molecule is N#Cc1ccc(COc2cccc(C3CCN(Cc4nc5ccc(C(=O)O)cc5n4Cc4cc[nH]c4)CC3)n2)c(F)c1. The molecule has 1 aliphatic rings. The average Bonchev–Trinajstić information content (AvgIpc) is 3.65. The molecule has 2 N–H and O–H groups in total. The van der Waals surface area contributed by atoms with Gasteiger partial charge in [0.2, 0.25) is 5.88 Å². The number of halogens is 1. The molecule has 42 heavy (non-hydrogen) atoms. The van der Waals surface area contributed by atoms with Gasteiger partial charge in [0.1, 0.15) is 18.2 Å². The van der Waals surface area contributed by atoms with E-state index in [1.54, 1.807) is 36.4 Å². The predicted octanol–water partition coefficient (Wildman–Crippen LogP) is 5.48. The number of nitrogens with one attached hydrogen (secondary N) is 1. The molecule has 0 radical (unpaired) electrons. The number of rotatable bonds is 9. The number of likely N-dealkylation sites (tertiary alicyclic amines) is 1. The third kappa shape index (κ3) is 5.87. The number of carboxylic acids is 1. The number of hydrogen-bond acceptors (Lipinski definition) is 6. The monoisotopic (exact) mass is 564 g/mol. The van der Waals surface area contributed by atoms with Crippen LogP contribution in [0.3, 0.4) is 0 Å². The molecule has 0 atom stereocenters. The van der Waals surface area contributed by atoms with Gasteiger partial charge in [0.05, 0.1) is 41.3 Å². The summed E-state index contributed by atoms with van der Waals surface area (Å²) in [7, 11) is 0. The lowest BCUT2D eigenvalue weighted by Crippen LogP contribution is -2.33. The number of benzene rings is 2. The number of hydrogen-bond donors (Lipinski definition) is 2. The largest absolute Gasteiger partial charge is 0.478 e. The molecule has 1 aliphatic heterocycles. The van der Waals surface area contributed by atoms with Gasteiger partial charge in [-0.25, -0.2) is 19.2 Å². The Morgan fingerprint density at radius 3 is 2.69 bits per heavy atom. The van der Waals surface area contributed by atoms with Gasteiger partial charge in [-0.05, 0) is 74.0 Å². The molecule has 1 fully saturated rings. The molecule has 5 aromatic rings. The number of aromatic amines is 1. The Morgan fingerprint density at radius 2 is 1.95 bits per heavy atom. The zero-order valence-electron chi connectivity index (χ0n) is 22.8. The number of piperidine rings is 1. The van der Waals surface area contributed by atoms with E-state index in [2.05, 4.69) is 14.5 Å². The summed E-state index contributed by atoms with van der Waals surface area (Å²) in [5, 5.41) is 18.5. The van der Waals surface area contributed by atoms with Crippen molar-refractivity contribution in [3.05, 3.63) is 113 Å². The highest BCUT2D eigenvalue weighted by Crippen LogP contribution is 2.29. The Labute approximate surface area is 241 Å². The molecular formula is C32H29FN6O3. The van der Waals surface area contributed by atoms with E-state index in [1.165, 1.54) is 6.07 Å². The van der Waals surface area contributed by atoms with E-state index in [1.807, 2.05) is 36.7 Å². The number of fused-ring (bicyclic) bond motifs is 1. The minimum absolute atomic E-state index is 0.0319. The third-order valence-electron chi connectivity index (χ3n) is 7.75. The van der Waals surface area contributed by atoms with Crippen LogP contribution < -0.4 is 4.74 Å². The molecule has 4 heterocycles. The zero-order chi connectivity index (χ0) is 29.1. The van der Waals surface area contributed by atoms with E-state index >= 15 is 0 Å². The Bertz CT molecular complexity index is 1770. The Hall–Kier alpha value is -5.01. The number of imidazole rings is 1. The maximum Gasteiger partial charge on any atom is 0.335 e. The normalized spacial score (nSPS) is 14.2. The van der Waals surface area contributed by atoms with Crippen LogP contribution in [0.25, 0.3) is 11.0 Å². The number of carbonyl (C=O) groups is 1. The molecule has 9 nitrogen and oxygen atoms in total. The number of aromatic nitrogens is 4. The maximum absolute atomic E-state index is 14.2. The highest BCUT2D eigenvalue weighted by Gasteiger charge is 2.24. The summed E-state index contributed by atoms with van der Waals surface area (Å²) in [5.74, 6) is 0.183. The van der Waals surface area contributed by atoms with Gasteiger partial charge in [-0.2, -0.15) is 5.26 Å². The van der Waals surface area contributed by atoms with Crippen LogP contribution in [0.5, 0.6) is 5.88 Å². The van der Waals surface area contributed by atoms with Gasteiger partial charge < -0.3 is 19.4 Å². The second kappa shape index (κ2) is 11.8. The molecule has 212 valence electrons. The molecule has 2 aromatic carbocycles. The smallest absolute Gasteiger partial charge is 0.335 e. The number of H-pyrrole nitrogens is 1. The first-order chi connectivity index (χ1) is 20.5. The van der Waals surface area contributed by atoms with Crippen LogP contribution in [0.1, 0.15) is 57.3 Å². The lowest BCUT2D eigenvalue weighted by molar-refractivity contribution is 0.0697. The van der Waals surface area contributed by atoms with Gasteiger partial charge in [-0.15, -0.1) is 0 Å². The van der Waals surface area contributed by atoms with Crippen LogP contribution in [-0.2, 0) is 19.7 Å². The van der Waals surface area contributed by atoms with Crippen LogP contribution in [0.2, 0.25) is 0 Å². The van der Waals surface area contributed by atoms with E-state index in [0.717, 1.165) is 54.0 Å². The second-order valence-electron chi connectivity index (χ2n) is 10.5. The van der Waals surface area contributed by atoms with Gasteiger partial charge >= 0.3 is 5.97 Å². The number of pyridine rings is 1. The van der Waals surface area contributed by atoms with Gasteiger partial charge in [0.15, 0.2) is 0 Å². The molecular weight excluding hydrogens is 535 g/mol. The Morgan fingerprint density at radius 1 is 1.10 bits per heavy atom. The second-order valence-corrected chi connectivity index (χ2v) is 10.5. The number of aromatic carboxylic acids is 1. The predicted molar refractivity (Wildman–Crippen MR) is 154 cm³/mol. The fourth-order valence-corrected chi connectivity index (χ4v) is 5.45. The van der Waals surface area contributed by atoms with Gasteiger partial charge in [0, 0.05) is 35.6 Å². The van der Waals surface area contributed by atoms with Crippen molar-refractivity contribution in [2.45, 2.75) is 38.5 Å². The topological polar surface area (TPSA) is 120 Å². The summed E-state index contributed by atoms with van der Waals surface area (Å²) in [6, 6.07) is 19.0. The van der Waals surface area contributed by atoms with Crippen LogP contribution in [0.15, 0.2) is 73.1 Å². The number of nitrogens with zero attached hydrogens (tertiary/aromatic N) is 5. The standard InChI is InChI=1S/C32H29FN6O3/c33-26-14-21(16-34)4-5-25(26)20-42-31-3-1-2-27(37-31)23-9-12-38(13-10-23)19-30-36-28-7-6-24(32(40)41)15-29(28)39(30)18-22-8-11-35-17-22/h1-8,11,14-15,17,23,35H,9-10,12-13,18-20H2,(H,40,41). The number of ether oxygens (including phenoxy) is 1. The molecule has 0 spiro atoms. The van der Waals surface area contributed by atoms with Crippen molar-refractivity contribution in [3.63, 3.8) is 0 Å². The van der Waals surface area contributed by atoms with E-state index in [4.69, 9.17) is 20.0 Å². The van der Waals surface area contributed by atoms with Crippen molar-refractivity contribution in [1.29, 1.82) is 5.26 Å². The summed E-state index contributed by atoms with van der Waals surface area (Å²) in [5.41, 5.74) is 4.51. The summed E-state index contributed by atoms with van der Waals surface area (Å²) in [4.78, 5) is 26.7. The number of nitriles is 1. The lowest BCUT2D eigenvalue weighted by atomic mass is 9.93. The van der Waals surface area contributed by atoms with Crippen LogP contribution in [0.4, 0.5) is 4.39 Å². The fourth-order valence-electron chi connectivity index (χ4n) is 5.45. The minimum atomic E-state index is -0.959. The molecule has 0 bridgehead atoms. The Balaban J connectivity index is 1.12. The quantitative estimate of drug-likeness (QED) is 0.243. The van der Waals surface area contributed by atoms with Crippen molar-refractivity contribution in [3.8, 4) is 11.9 Å². The van der Waals surface area contributed by atoms with E-state index in [9.17, 15) is 14.3 Å². The zero-order valence-corrected chi connectivity index (χ0v) is 22.8. The summed E-state index contributed by atoms with van der Waals surface area (Å²) < 4.78 is 22.1. The van der Waals surface area contributed by atoms with Crippen LogP contribution in [0, 0.1) is 17.1 Å². The van der Waals surface area contributed by atoms with Gasteiger partial charge in [-0.3, -0.25) is 4.90 Å². The van der Waals surface area contributed by atoms with Crippen LogP contribution >= 0.6 is 0 Å². The molecule has 0 unspecified atom stereocenters. The molecule has 0 saturated carbocycles. The van der Waals surface area contributed by atoms with Gasteiger partial charge in [0.25, 0.3) is 0 Å². The highest BCUT2D eigenvalue weighted by molar-refractivity contribution is 5.92. The van der Waals surface area contributed by atoms with E-state index < -0.39 is 11.8 Å². The van der Waals surface area contributed by atoms with E-state index in [0.29, 0.717) is 24.5 Å². The van der Waals surface area contributed by atoms with Crippen molar-refractivity contribution < 1.29 is 19.0 Å². The van der Waals surface area contributed by atoms with E-state index in [-0.39, 0.29) is 23.7 Å². The molecule has 6 rings (SSSR count). The molecule has 3 aromatic heterocycles. The summed E-state index contributed by atoms with van der Waals surface area (Å²) in [6.07, 6.45) is 5.65. The lowest BCUT2D eigenvalue weighted by Gasteiger charge is -2.31. The highest BCUT2D eigenvalue weighted by atomic mass is 19.1. The van der Waals surface area contributed by atoms with Crippen molar-refractivity contribution >= 4 is 17.0 Å². The van der Waals surface area contributed by atoms with Gasteiger partial charge in [-0.1, -0.05) is 12.1 Å². The molecule has 1 saturated heterocycles. The van der Waals surface area contributed by atoms with Crippen molar-refractivity contribution in [2.75, 3.05) is 13.1 Å². The van der Waals surface area contributed by atoms with Crippen molar-refractivity contribution in [2.24, 2.45) is 0 Å². The van der Waals surface area contributed by atoms with Crippen molar-refractivity contribution in [1.82, 2.24) is 24.4 Å². The Kier molecular flexibility index (Phi) is 7.66. The molecule has 0 aliphatic carbocycles. The maximum atomic E-state index is 14.2. The first-order valence-electron chi connectivity index (χ1n) is 13.8. The first kappa shape index (κ1) is 27.2.